The quantitative estimate of drug-likeness (QED) is 0.121. The molecule has 202 valence electrons. The summed E-state index contributed by atoms with van der Waals surface area (Å²) in [7, 11) is 0. The molecule has 0 N–H and O–H groups in total. The van der Waals surface area contributed by atoms with E-state index in [1.807, 2.05) is 38.1 Å². The van der Waals surface area contributed by atoms with E-state index in [2.05, 4.69) is 6.92 Å². The number of fused-ring (bicyclic) bond motifs is 1. The van der Waals surface area contributed by atoms with Crippen LogP contribution in [0.1, 0.15) is 67.3 Å². The van der Waals surface area contributed by atoms with Crippen molar-refractivity contribution >= 4 is 34.1 Å². The number of amides is 1. The van der Waals surface area contributed by atoms with Gasteiger partial charge < -0.3 is 4.90 Å². The number of rotatable bonds is 10. The standard InChI is InChI=1S/C30H31ClN4O4/c1-4-5-6-7-18-33(29(36)22-10-15-25(16-11-22)35(38)39)21(3)28-32-27-19-23(31)12-17-26(27)30(37)34(28)24-13-8-20(2)9-14-24/h8-17,19,21H,4-7,18H2,1-3H3. The maximum absolute atomic E-state index is 13.8. The van der Waals surface area contributed by atoms with E-state index in [-0.39, 0.29) is 17.2 Å². The summed E-state index contributed by atoms with van der Waals surface area (Å²) in [5.74, 6) is 0.120. The highest BCUT2D eigenvalue weighted by atomic mass is 35.5. The number of hydrogen-bond acceptors (Lipinski definition) is 5. The Balaban J connectivity index is 1.85. The number of aryl methyl sites for hydroxylation is 1. The van der Waals surface area contributed by atoms with Crippen molar-refractivity contribution in [1.29, 1.82) is 0 Å². The predicted molar refractivity (Wildman–Crippen MR) is 154 cm³/mol. The number of carbonyl (C=O) groups excluding carboxylic acids is 1. The van der Waals surface area contributed by atoms with Gasteiger partial charge in [-0.3, -0.25) is 24.3 Å². The van der Waals surface area contributed by atoms with Crippen molar-refractivity contribution in [3.8, 4) is 5.69 Å². The van der Waals surface area contributed by atoms with Gasteiger partial charge in [-0.1, -0.05) is 55.5 Å². The Morgan fingerprint density at radius 2 is 1.74 bits per heavy atom. The number of non-ortho nitro benzene ring substituents is 1. The number of halogens is 1. The van der Waals surface area contributed by atoms with Crippen LogP contribution in [0, 0.1) is 17.0 Å². The SMILES string of the molecule is CCCCCCN(C(=O)c1ccc([N+](=O)[O-])cc1)C(C)c1nc2cc(Cl)ccc2c(=O)n1-c1ccc(C)cc1. The number of nitro benzene ring substituents is 1. The third-order valence-electron chi connectivity index (χ3n) is 6.83. The highest BCUT2D eigenvalue weighted by Gasteiger charge is 2.28. The summed E-state index contributed by atoms with van der Waals surface area (Å²) < 4.78 is 1.56. The number of hydrogen-bond donors (Lipinski definition) is 0. The lowest BCUT2D eigenvalue weighted by molar-refractivity contribution is -0.384. The first-order chi connectivity index (χ1) is 18.7. The number of unbranched alkanes of at least 4 members (excludes halogenated alkanes) is 3. The van der Waals surface area contributed by atoms with Crippen molar-refractivity contribution in [1.82, 2.24) is 14.5 Å². The summed E-state index contributed by atoms with van der Waals surface area (Å²) >= 11 is 6.24. The highest BCUT2D eigenvalue weighted by Crippen LogP contribution is 2.27. The Bertz CT molecular complexity index is 1550. The molecule has 4 rings (SSSR count). The van der Waals surface area contributed by atoms with Gasteiger partial charge >= 0.3 is 0 Å². The van der Waals surface area contributed by atoms with Crippen molar-refractivity contribution in [2.24, 2.45) is 0 Å². The second kappa shape index (κ2) is 12.2. The number of benzene rings is 3. The van der Waals surface area contributed by atoms with Crippen LogP contribution in [0.2, 0.25) is 5.02 Å². The minimum Gasteiger partial charge on any atom is -0.329 e. The topological polar surface area (TPSA) is 98.3 Å². The zero-order valence-corrected chi connectivity index (χ0v) is 23.0. The summed E-state index contributed by atoms with van der Waals surface area (Å²) in [5.41, 5.74) is 2.13. The van der Waals surface area contributed by atoms with E-state index in [0.717, 1.165) is 31.2 Å². The molecule has 0 radical (unpaired) electrons. The van der Waals surface area contributed by atoms with Crippen molar-refractivity contribution in [3.63, 3.8) is 0 Å². The minimum atomic E-state index is -0.591. The van der Waals surface area contributed by atoms with E-state index in [1.165, 1.54) is 24.3 Å². The molecule has 1 unspecified atom stereocenters. The lowest BCUT2D eigenvalue weighted by atomic mass is 10.1. The van der Waals surface area contributed by atoms with Gasteiger partial charge in [-0.05, 0) is 62.7 Å². The van der Waals surface area contributed by atoms with Gasteiger partial charge in [0, 0.05) is 29.3 Å². The van der Waals surface area contributed by atoms with Crippen LogP contribution in [0.4, 0.5) is 5.69 Å². The van der Waals surface area contributed by atoms with Gasteiger partial charge in [-0.2, -0.15) is 0 Å². The second-order valence-corrected chi connectivity index (χ2v) is 10.1. The maximum atomic E-state index is 13.8. The number of aromatic nitrogens is 2. The Hall–Kier alpha value is -4.04. The van der Waals surface area contributed by atoms with E-state index in [9.17, 15) is 19.7 Å². The van der Waals surface area contributed by atoms with Gasteiger partial charge in [-0.15, -0.1) is 0 Å². The molecular weight excluding hydrogens is 516 g/mol. The molecule has 39 heavy (non-hydrogen) atoms. The molecule has 4 aromatic rings. The van der Waals surface area contributed by atoms with E-state index in [4.69, 9.17) is 16.6 Å². The molecule has 3 aromatic carbocycles. The second-order valence-electron chi connectivity index (χ2n) is 9.65. The number of nitro groups is 1. The summed E-state index contributed by atoms with van der Waals surface area (Å²) in [6.45, 7) is 6.38. The first kappa shape index (κ1) is 28.0. The van der Waals surface area contributed by atoms with Gasteiger partial charge in [-0.25, -0.2) is 4.98 Å². The van der Waals surface area contributed by atoms with Gasteiger partial charge in [0.2, 0.25) is 0 Å². The molecule has 0 aliphatic heterocycles. The Morgan fingerprint density at radius 3 is 2.38 bits per heavy atom. The maximum Gasteiger partial charge on any atom is 0.269 e. The van der Waals surface area contributed by atoms with Crippen LogP contribution in [-0.4, -0.2) is 31.8 Å². The summed E-state index contributed by atoms with van der Waals surface area (Å²) in [6, 6.07) is 17.5. The average Bonchev–Trinajstić information content (AvgIpc) is 2.93. The molecule has 1 aromatic heterocycles. The fraction of sp³-hybridized carbons (Fsp3) is 0.300. The Kier molecular flexibility index (Phi) is 8.76. The van der Waals surface area contributed by atoms with Crippen molar-refractivity contribution in [2.45, 2.75) is 52.5 Å². The first-order valence-electron chi connectivity index (χ1n) is 13.1. The summed E-state index contributed by atoms with van der Waals surface area (Å²) in [6.07, 6.45) is 3.80. The molecule has 0 saturated carbocycles. The van der Waals surface area contributed by atoms with Gasteiger partial charge in [0.05, 0.1) is 27.6 Å². The molecular formula is C30H31ClN4O4. The monoisotopic (exact) mass is 546 g/mol. The zero-order chi connectivity index (χ0) is 28.1. The predicted octanol–water partition coefficient (Wildman–Crippen LogP) is 7.04. The molecule has 1 heterocycles. The molecule has 9 heteroatoms. The van der Waals surface area contributed by atoms with E-state index < -0.39 is 11.0 Å². The highest BCUT2D eigenvalue weighted by molar-refractivity contribution is 6.31. The van der Waals surface area contributed by atoms with E-state index in [0.29, 0.717) is 39.5 Å². The number of carbonyl (C=O) groups is 1. The van der Waals surface area contributed by atoms with Crippen LogP contribution in [0.15, 0.2) is 71.5 Å². The van der Waals surface area contributed by atoms with Gasteiger partial charge in [0.1, 0.15) is 5.82 Å². The molecule has 0 aliphatic rings. The fourth-order valence-corrected chi connectivity index (χ4v) is 4.78. The molecule has 1 atom stereocenters. The largest absolute Gasteiger partial charge is 0.329 e. The van der Waals surface area contributed by atoms with Crippen LogP contribution in [0.25, 0.3) is 16.6 Å². The lowest BCUT2D eigenvalue weighted by Gasteiger charge is -2.31. The number of nitrogens with zero attached hydrogens (tertiary/aromatic N) is 4. The van der Waals surface area contributed by atoms with Gasteiger partial charge in [0.15, 0.2) is 0 Å². The van der Waals surface area contributed by atoms with Crippen LogP contribution in [0.5, 0.6) is 0 Å². The van der Waals surface area contributed by atoms with Gasteiger partial charge in [0.25, 0.3) is 17.2 Å². The van der Waals surface area contributed by atoms with Crippen LogP contribution in [0.3, 0.4) is 0 Å². The molecule has 0 aliphatic carbocycles. The van der Waals surface area contributed by atoms with Crippen molar-refractivity contribution in [3.05, 3.63) is 109 Å². The third kappa shape index (κ3) is 6.17. The van der Waals surface area contributed by atoms with Crippen molar-refractivity contribution < 1.29 is 9.72 Å². The third-order valence-corrected chi connectivity index (χ3v) is 7.06. The molecule has 0 bridgehead atoms. The molecule has 0 saturated heterocycles. The fourth-order valence-electron chi connectivity index (χ4n) is 4.61. The first-order valence-corrected chi connectivity index (χ1v) is 13.4. The molecule has 0 spiro atoms. The van der Waals surface area contributed by atoms with Crippen LogP contribution >= 0.6 is 11.6 Å². The van der Waals surface area contributed by atoms with Crippen LogP contribution < -0.4 is 5.56 Å². The van der Waals surface area contributed by atoms with E-state index >= 15 is 0 Å². The minimum absolute atomic E-state index is 0.0876. The van der Waals surface area contributed by atoms with E-state index in [1.54, 1.807) is 27.7 Å². The normalized spacial score (nSPS) is 11.9. The Morgan fingerprint density at radius 1 is 1.05 bits per heavy atom. The zero-order valence-electron chi connectivity index (χ0n) is 22.3. The molecule has 0 fully saturated rings. The van der Waals surface area contributed by atoms with Crippen molar-refractivity contribution in [2.75, 3.05) is 6.54 Å². The molecule has 8 nitrogen and oxygen atoms in total. The summed E-state index contributed by atoms with van der Waals surface area (Å²) in [5, 5.41) is 12.0. The summed E-state index contributed by atoms with van der Waals surface area (Å²) in [4.78, 5) is 44.8. The smallest absolute Gasteiger partial charge is 0.269 e. The van der Waals surface area contributed by atoms with Crippen LogP contribution in [-0.2, 0) is 0 Å². The lowest BCUT2D eigenvalue weighted by Crippen LogP contribution is -2.38. The molecule has 1 amide bonds. The Labute approximate surface area is 232 Å². The average molecular weight is 547 g/mol.